The Balaban J connectivity index is 1.81. The number of carbonyl (C=O) groups is 1. The van der Waals surface area contributed by atoms with Crippen molar-refractivity contribution in [1.82, 2.24) is 4.31 Å². The number of hydrogen-bond acceptors (Lipinski definition) is 3. The van der Waals surface area contributed by atoms with Crippen molar-refractivity contribution in [2.75, 3.05) is 13.1 Å². The van der Waals surface area contributed by atoms with Crippen molar-refractivity contribution in [2.24, 2.45) is 11.3 Å². The summed E-state index contributed by atoms with van der Waals surface area (Å²) < 4.78 is 66.7. The third kappa shape index (κ3) is 5.03. The number of aryl methyl sites for hydroxylation is 1. The summed E-state index contributed by atoms with van der Waals surface area (Å²) in [6.07, 6.45) is 0.711. The predicted molar refractivity (Wildman–Crippen MR) is 110 cm³/mol. The molecule has 0 spiro atoms. The molecule has 0 radical (unpaired) electrons. The number of nitrogens with zero attached hydrogens (tertiary/aromatic N) is 1. The summed E-state index contributed by atoms with van der Waals surface area (Å²) >= 11 is 0. The predicted octanol–water partition coefficient (Wildman–Crippen LogP) is 4.48. The molecule has 0 saturated carbocycles. The molecule has 0 amide bonds. The van der Waals surface area contributed by atoms with Crippen LogP contribution in [0.5, 0.6) is 0 Å². The van der Waals surface area contributed by atoms with E-state index in [1.54, 1.807) is 19.1 Å². The Morgan fingerprint density at radius 1 is 1.32 bits per heavy atom. The van der Waals surface area contributed by atoms with Crippen molar-refractivity contribution in [2.45, 2.75) is 50.6 Å². The van der Waals surface area contributed by atoms with Crippen LogP contribution in [0.4, 0.5) is 13.2 Å². The summed E-state index contributed by atoms with van der Waals surface area (Å²) in [5.74, 6) is -1.17. The van der Waals surface area contributed by atoms with Crippen molar-refractivity contribution in [1.29, 1.82) is 0 Å². The van der Waals surface area contributed by atoms with Crippen molar-refractivity contribution in [3.63, 3.8) is 0 Å². The molecule has 2 aliphatic rings. The van der Waals surface area contributed by atoms with Gasteiger partial charge in [0.1, 0.15) is 0 Å². The van der Waals surface area contributed by atoms with Gasteiger partial charge in [-0.15, -0.1) is 0 Å². The first-order valence-electron chi connectivity index (χ1n) is 10.1. The van der Waals surface area contributed by atoms with Gasteiger partial charge in [0.15, 0.2) is 0 Å². The minimum Gasteiger partial charge on any atom is -0.481 e. The van der Waals surface area contributed by atoms with E-state index in [1.807, 2.05) is 6.92 Å². The highest BCUT2D eigenvalue weighted by Gasteiger charge is 2.41. The van der Waals surface area contributed by atoms with Crippen LogP contribution in [0.25, 0.3) is 0 Å². The number of allylic oxidation sites excluding steroid dienone is 4. The van der Waals surface area contributed by atoms with Gasteiger partial charge in [0, 0.05) is 13.1 Å². The highest BCUT2D eigenvalue weighted by Crippen LogP contribution is 2.44. The molecule has 0 aromatic heterocycles. The SMILES string of the molecule is Cc1ccc(S(=O)(=O)N2CCCC(C3(C)C=CC(C(F)(F)F)=CC3)C2)cc1CC(=O)O. The van der Waals surface area contributed by atoms with Crippen molar-refractivity contribution >= 4 is 16.0 Å². The summed E-state index contributed by atoms with van der Waals surface area (Å²) in [6, 6.07) is 4.48. The van der Waals surface area contributed by atoms with E-state index < -0.39 is 33.2 Å². The molecule has 0 bridgehead atoms. The van der Waals surface area contributed by atoms with Crippen molar-refractivity contribution < 1.29 is 31.5 Å². The number of benzene rings is 1. The van der Waals surface area contributed by atoms with Gasteiger partial charge in [-0.2, -0.15) is 17.5 Å². The van der Waals surface area contributed by atoms with Crippen LogP contribution in [0.3, 0.4) is 0 Å². The maximum absolute atomic E-state index is 13.3. The van der Waals surface area contributed by atoms with Gasteiger partial charge in [-0.25, -0.2) is 8.42 Å². The second-order valence-corrected chi connectivity index (χ2v) is 10.5. The van der Waals surface area contributed by atoms with E-state index in [0.717, 1.165) is 12.5 Å². The van der Waals surface area contributed by atoms with Gasteiger partial charge in [0.25, 0.3) is 0 Å². The van der Waals surface area contributed by atoms with Gasteiger partial charge in [-0.05, 0) is 60.8 Å². The monoisotopic (exact) mass is 457 g/mol. The van der Waals surface area contributed by atoms with Gasteiger partial charge in [-0.1, -0.05) is 31.2 Å². The van der Waals surface area contributed by atoms with E-state index in [2.05, 4.69) is 0 Å². The van der Waals surface area contributed by atoms with E-state index in [4.69, 9.17) is 5.11 Å². The lowest BCUT2D eigenvalue weighted by atomic mass is 9.69. The first-order valence-corrected chi connectivity index (χ1v) is 11.5. The van der Waals surface area contributed by atoms with Crippen LogP contribution < -0.4 is 0 Å². The fourth-order valence-corrected chi connectivity index (χ4v) is 5.84. The summed E-state index contributed by atoms with van der Waals surface area (Å²) in [6.45, 7) is 4.13. The highest BCUT2D eigenvalue weighted by atomic mass is 32.2. The molecule has 2 atom stereocenters. The average molecular weight is 458 g/mol. The summed E-state index contributed by atoms with van der Waals surface area (Å²) in [5, 5.41) is 9.07. The van der Waals surface area contributed by atoms with E-state index >= 15 is 0 Å². The minimum absolute atomic E-state index is 0.0404. The van der Waals surface area contributed by atoms with E-state index in [9.17, 15) is 26.4 Å². The fraction of sp³-hybridized carbons (Fsp3) is 0.500. The van der Waals surface area contributed by atoms with Gasteiger partial charge >= 0.3 is 12.1 Å². The lowest BCUT2D eigenvalue weighted by Gasteiger charge is -2.42. The normalized spacial score (nSPS) is 25.3. The number of rotatable bonds is 5. The zero-order valence-corrected chi connectivity index (χ0v) is 18.3. The van der Waals surface area contributed by atoms with Crippen LogP contribution >= 0.6 is 0 Å². The van der Waals surface area contributed by atoms with Crippen LogP contribution in [0, 0.1) is 18.3 Å². The minimum atomic E-state index is -4.39. The molecule has 3 rings (SSSR count). The Kier molecular flexibility index (Phi) is 6.40. The number of alkyl halides is 3. The highest BCUT2D eigenvalue weighted by molar-refractivity contribution is 7.89. The quantitative estimate of drug-likeness (QED) is 0.708. The molecule has 1 fully saturated rings. The smallest absolute Gasteiger partial charge is 0.416 e. The molecule has 5 nitrogen and oxygen atoms in total. The second-order valence-electron chi connectivity index (χ2n) is 8.56. The van der Waals surface area contributed by atoms with Gasteiger partial charge in [0.05, 0.1) is 16.9 Å². The molecule has 9 heteroatoms. The molecule has 31 heavy (non-hydrogen) atoms. The molecule has 1 aromatic rings. The molecule has 1 aromatic carbocycles. The summed E-state index contributed by atoms with van der Waals surface area (Å²) in [4.78, 5) is 11.1. The standard InChI is InChI=1S/C22H26F3NO4S/c1-15-5-6-19(12-16(15)13-20(27)28)31(29,30)26-11-3-4-18(14-26)21(2)9-7-17(8-10-21)22(23,24)25/h5-9,12,18H,3-4,10-11,13-14H2,1-2H3,(H,27,28). The molecule has 1 aliphatic heterocycles. The molecule has 1 heterocycles. The average Bonchev–Trinajstić information content (AvgIpc) is 2.69. The lowest BCUT2D eigenvalue weighted by Crippen LogP contribution is -2.45. The van der Waals surface area contributed by atoms with E-state index in [-0.39, 0.29) is 30.2 Å². The van der Waals surface area contributed by atoms with Crippen LogP contribution in [0.15, 0.2) is 46.9 Å². The lowest BCUT2D eigenvalue weighted by molar-refractivity contribution is -0.136. The van der Waals surface area contributed by atoms with Gasteiger partial charge in [-0.3, -0.25) is 4.79 Å². The first-order chi connectivity index (χ1) is 14.3. The van der Waals surface area contributed by atoms with E-state index in [1.165, 1.54) is 22.5 Å². The van der Waals surface area contributed by atoms with Gasteiger partial charge < -0.3 is 5.11 Å². The molecule has 1 N–H and O–H groups in total. The Morgan fingerprint density at radius 2 is 2.03 bits per heavy atom. The number of aliphatic carboxylic acids is 1. The third-order valence-corrected chi connectivity index (χ3v) is 8.21. The van der Waals surface area contributed by atoms with E-state index in [0.29, 0.717) is 24.1 Å². The zero-order chi connectivity index (χ0) is 23.0. The first kappa shape index (κ1) is 23.5. The maximum atomic E-state index is 13.3. The number of carboxylic acid groups (broad SMARTS) is 1. The largest absolute Gasteiger partial charge is 0.481 e. The number of hydrogen-bond donors (Lipinski definition) is 1. The van der Waals surface area contributed by atoms with Crippen LogP contribution in [0.2, 0.25) is 0 Å². The molecular formula is C22H26F3NO4S. The van der Waals surface area contributed by atoms with Crippen molar-refractivity contribution in [3.8, 4) is 0 Å². The summed E-state index contributed by atoms with van der Waals surface area (Å²) in [7, 11) is -3.85. The Morgan fingerprint density at radius 3 is 2.61 bits per heavy atom. The Bertz CT molecular complexity index is 1030. The number of sulfonamides is 1. The topological polar surface area (TPSA) is 74.7 Å². The summed E-state index contributed by atoms with van der Waals surface area (Å²) in [5.41, 5.74) is -0.0972. The molecule has 2 unspecified atom stereocenters. The maximum Gasteiger partial charge on any atom is 0.416 e. The van der Waals surface area contributed by atoms with Crippen LogP contribution in [-0.2, 0) is 21.2 Å². The number of carboxylic acids is 1. The van der Waals surface area contributed by atoms with Gasteiger partial charge in [0.2, 0.25) is 10.0 Å². The van der Waals surface area contributed by atoms with Crippen LogP contribution in [-0.4, -0.2) is 43.1 Å². The number of halogens is 3. The molecule has 1 aliphatic carbocycles. The van der Waals surface area contributed by atoms with Crippen molar-refractivity contribution in [3.05, 3.63) is 53.1 Å². The molecule has 170 valence electrons. The fourth-order valence-electron chi connectivity index (χ4n) is 4.27. The molecule has 1 saturated heterocycles. The third-order valence-electron chi connectivity index (χ3n) is 6.35. The van der Waals surface area contributed by atoms with Crippen LogP contribution in [0.1, 0.15) is 37.3 Å². The Hall–Kier alpha value is -2.13. The molecular weight excluding hydrogens is 431 g/mol. The second kappa shape index (κ2) is 8.43. The number of piperidine rings is 1. The zero-order valence-electron chi connectivity index (χ0n) is 17.4. The Labute approximate surface area is 180 Å².